The number of nitrogens with zero attached hydrogens (tertiary/aromatic N) is 2. The highest BCUT2D eigenvalue weighted by atomic mass is 32.2. The van der Waals surface area contributed by atoms with E-state index >= 15 is 0 Å². The molecule has 0 bridgehead atoms. The van der Waals surface area contributed by atoms with E-state index in [1.165, 1.54) is 0 Å². The third-order valence-electron chi connectivity index (χ3n) is 2.18. The van der Waals surface area contributed by atoms with E-state index in [-0.39, 0.29) is 11.1 Å². The van der Waals surface area contributed by atoms with Gasteiger partial charge in [0, 0.05) is 18.0 Å². The zero-order chi connectivity index (χ0) is 11.3. The van der Waals surface area contributed by atoms with Crippen LogP contribution in [-0.2, 0) is 6.54 Å². The normalized spacial score (nSPS) is 9.93. The molecule has 1 aromatic rings. The molecule has 15 heavy (non-hydrogen) atoms. The molecule has 1 rings (SSSR count). The minimum Gasteiger partial charge on any atom is -0.311 e. The van der Waals surface area contributed by atoms with Crippen LogP contribution < -0.4 is 5.56 Å². The summed E-state index contributed by atoms with van der Waals surface area (Å²) in [6, 6.07) is 5.31. The summed E-state index contributed by atoms with van der Waals surface area (Å²) in [4.78, 5) is 11.7. The van der Waals surface area contributed by atoms with Gasteiger partial charge >= 0.3 is 0 Å². The first-order valence-electron chi connectivity index (χ1n) is 4.89. The Balaban J connectivity index is 2.96. The van der Waals surface area contributed by atoms with Crippen LogP contribution in [0.1, 0.15) is 18.2 Å². The van der Waals surface area contributed by atoms with Gasteiger partial charge in [0.15, 0.2) is 0 Å². The second-order valence-electron chi connectivity index (χ2n) is 3.15. The molecule has 0 atom stereocenters. The molecule has 0 fully saturated rings. The monoisotopic (exact) mass is 222 g/mol. The maximum Gasteiger partial charge on any atom is 0.268 e. The summed E-state index contributed by atoms with van der Waals surface area (Å²) in [6.07, 6.45) is 0. The van der Waals surface area contributed by atoms with Gasteiger partial charge in [0.05, 0.1) is 0 Å². The lowest BCUT2D eigenvalue weighted by Crippen LogP contribution is -2.25. The van der Waals surface area contributed by atoms with Crippen molar-refractivity contribution < 1.29 is 0 Å². The van der Waals surface area contributed by atoms with Gasteiger partial charge in [-0.15, -0.1) is 0 Å². The van der Waals surface area contributed by atoms with E-state index in [4.69, 9.17) is 5.26 Å². The van der Waals surface area contributed by atoms with Crippen molar-refractivity contribution >= 4 is 11.8 Å². The second-order valence-corrected chi connectivity index (χ2v) is 4.55. The Bertz CT molecular complexity index is 431. The largest absolute Gasteiger partial charge is 0.311 e. The van der Waals surface area contributed by atoms with Gasteiger partial charge in [0.2, 0.25) is 0 Å². The van der Waals surface area contributed by atoms with Crippen molar-refractivity contribution in [2.45, 2.75) is 20.4 Å². The van der Waals surface area contributed by atoms with Gasteiger partial charge in [-0.2, -0.15) is 17.0 Å². The van der Waals surface area contributed by atoms with E-state index in [0.717, 1.165) is 17.2 Å². The molecule has 0 saturated heterocycles. The van der Waals surface area contributed by atoms with Crippen LogP contribution in [0.15, 0.2) is 16.9 Å². The molecule has 0 aromatic carbocycles. The SMILES string of the molecule is CCSCCn1c(C)ccc(C#N)c1=O. The van der Waals surface area contributed by atoms with Crippen molar-refractivity contribution in [1.29, 1.82) is 5.26 Å². The number of pyridine rings is 1. The molecule has 0 saturated carbocycles. The zero-order valence-electron chi connectivity index (χ0n) is 8.99. The van der Waals surface area contributed by atoms with E-state index < -0.39 is 0 Å². The van der Waals surface area contributed by atoms with Gasteiger partial charge < -0.3 is 4.57 Å². The number of nitriles is 1. The molecular weight excluding hydrogens is 208 g/mol. The van der Waals surface area contributed by atoms with Gasteiger partial charge in [-0.3, -0.25) is 4.79 Å². The molecule has 0 unspecified atom stereocenters. The van der Waals surface area contributed by atoms with Crippen LogP contribution in [0.3, 0.4) is 0 Å². The van der Waals surface area contributed by atoms with E-state index in [0.29, 0.717) is 6.54 Å². The maximum absolute atomic E-state index is 11.7. The van der Waals surface area contributed by atoms with Crippen LogP contribution in [0.2, 0.25) is 0 Å². The Morgan fingerprint density at radius 1 is 1.53 bits per heavy atom. The van der Waals surface area contributed by atoms with Crippen LogP contribution >= 0.6 is 11.8 Å². The predicted molar refractivity (Wildman–Crippen MR) is 63.2 cm³/mol. The Morgan fingerprint density at radius 2 is 2.27 bits per heavy atom. The Hall–Kier alpha value is -1.21. The highest BCUT2D eigenvalue weighted by Gasteiger charge is 2.04. The fraction of sp³-hybridized carbons (Fsp3) is 0.455. The molecule has 1 aromatic heterocycles. The summed E-state index contributed by atoms with van der Waals surface area (Å²) >= 11 is 1.79. The summed E-state index contributed by atoms with van der Waals surface area (Å²) < 4.78 is 1.67. The number of aromatic nitrogens is 1. The third-order valence-corrected chi connectivity index (χ3v) is 3.06. The van der Waals surface area contributed by atoms with E-state index in [2.05, 4.69) is 6.92 Å². The van der Waals surface area contributed by atoms with Gasteiger partial charge in [0.1, 0.15) is 11.6 Å². The van der Waals surface area contributed by atoms with Crippen LogP contribution in [0.5, 0.6) is 0 Å². The van der Waals surface area contributed by atoms with Crippen molar-refractivity contribution in [3.63, 3.8) is 0 Å². The standard InChI is InChI=1S/C11H14N2OS/c1-3-15-7-6-13-9(2)4-5-10(8-12)11(13)14/h4-5H,3,6-7H2,1-2H3. The Labute approximate surface area is 93.7 Å². The van der Waals surface area contributed by atoms with Crippen LogP contribution in [0, 0.1) is 18.3 Å². The molecule has 0 radical (unpaired) electrons. The van der Waals surface area contributed by atoms with Crippen molar-refractivity contribution in [2.75, 3.05) is 11.5 Å². The summed E-state index contributed by atoms with van der Waals surface area (Å²) in [5, 5.41) is 8.74. The molecule has 0 N–H and O–H groups in total. The van der Waals surface area contributed by atoms with Crippen LogP contribution in [-0.4, -0.2) is 16.1 Å². The van der Waals surface area contributed by atoms with Gasteiger partial charge in [-0.1, -0.05) is 6.92 Å². The first-order chi connectivity index (χ1) is 7.20. The average Bonchev–Trinajstić information content (AvgIpc) is 2.23. The molecular formula is C11H14N2OS. The smallest absolute Gasteiger partial charge is 0.268 e. The highest BCUT2D eigenvalue weighted by Crippen LogP contribution is 2.02. The van der Waals surface area contributed by atoms with E-state index in [9.17, 15) is 4.79 Å². The fourth-order valence-electron chi connectivity index (χ4n) is 1.33. The number of rotatable bonds is 4. The number of thioether (sulfide) groups is 1. The maximum atomic E-state index is 11.7. The molecule has 4 heteroatoms. The van der Waals surface area contributed by atoms with Crippen LogP contribution in [0.4, 0.5) is 0 Å². The number of hydrogen-bond donors (Lipinski definition) is 0. The fourth-order valence-corrected chi connectivity index (χ4v) is 1.93. The molecule has 0 spiro atoms. The van der Waals surface area contributed by atoms with Crippen LogP contribution in [0.25, 0.3) is 0 Å². The molecule has 1 heterocycles. The lowest BCUT2D eigenvalue weighted by Gasteiger charge is -2.09. The van der Waals surface area contributed by atoms with Gasteiger partial charge in [-0.25, -0.2) is 0 Å². The van der Waals surface area contributed by atoms with Gasteiger partial charge in [0.25, 0.3) is 5.56 Å². The lowest BCUT2D eigenvalue weighted by atomic mass is 10.2. The first kappa shape index (κ1) is 11.9. The number of hydrogen-bond acceptors (Lipinski definition) is 3. The van der Waals surface area contributed by atoms with Gasteiger partial charge in [-0.05, 0) is 24.8 Å². The molecule has 3 nitrogen and oxygen atoms in total. The van der Waals surface area contributed by atoms with Crippen molar-refractivity contribution in [1.82, 2.24) is 4.57 Å². The van der Waals surface area contributed by atoms with E-state index in [1.807, 2.05) is 19.1 Å². The van der Waals surface area contributed by atoms with Crippen molar-refractivity contribution in [3.05, 3.63) is 33.7 Å². The summed E-state index contributed by atoms with van der Waals surface area (Å²) in [5.41, 5.74) is 0.965. The van der Waals surface area contributed by atoms with Crippen molar-refractivity contribution in [2.24, 2.45) is 0 Å². The summed E-state index contributed by atoms with van der Waals surface area (Å²) in [5.74, 6) is 1.96. The quantitative estimate of drug-likeness (QED) is 0.729. The third kappa shape index (κ3) is 2.87. The Morgan fingerprint density at radius 3 is 2.87 bits per heavy atom. The number of aryl methyl sites for hydroxylation is 1. The van der Waals surface area contributed by atoms with E-state index in [1.54, 1.807) is 22.4 Å². The molecule has 0 aliphatic heterocycles. The Kier molecular flexibility index (Phi) is 4.44. The molecule has 0 amide bonds. The lowest BCUT2D eigenvalue weighted by molar-refractivity contribution is 0.705. The minimum atomic E-state index is -0.172. The first-order valence-corrected chi connectivity index (χ1v) is 6.04. The predicted octanol–water partition coefficient (Wildman–Crippen LogP) is 1.78. The molecule has 0 aliphatic rings. The summed E-state index contributed by atoms with van der Waals surface area (Å²) in [6.45, 7) is 4.66. The molecule has 0 aliphatic carbocycles. The second kappa shape index (κ2) is 5.62. The van der Waals surface area contributed by atoms with Crippen molar-refractivity contribution in [3.8, 4) is 6.07 Å². The zero-order valence-corrected chi connectivity index (χ0v) is 9.80. The summed E-state index contributed by atoms with van der Waals surface area (Å²) in [7, 11) is 0. The topological polar surface area (TPSA) is 45.8 Å². The average molecular weight is 222 g/mol. The molecule has 80 valence electrons. The minimum absolute atomic E-state index is 0.172. The highest BCUT2D eigenvalue weighted by molar-refractivity contribution is 7.99.